The van der Waals surface area contributed by atoms with Gasteiger partial charge in [-0.3, -0.25) is 0 Å². The highest BCUT2D eigenvalue weighted by atomic mass is 32.2. The minimum atomic E-state index is -2.79. The molecule has 1 aliphatic heterocycles. The van der Waals surface area contributed by atoms with Crippen molar-refractivity contribution >= 4 is 57.6 Å². The van der Waals surface area contributed by atoms with Crippen LogP contribution in [0.15, 0.2) is 246 Å². The van der Waals surface area contributed by atoms with E-state index in [-0.39, 0.29) is 0 Å². The molecule has 0 amide bonds. The van der Waals surface area contributed by atoms with Gasteiger partial charge < -0.3 is 4.90 Å². The van der Waals surface area contributed by atoms with E-state index < -0.39 is 13.5 Å². The molecular formula is C55H39NSSi. The third kappa shape index (κ3) is 5.10. The monoisotopic (exact) mass is 773 g/mol. The Labute approximate surface area is 346 Å². The van der Waals surface area contributed by atoms with Crippen molar-refractivity contribution in [2.75, 3.05) is 4.90 Å². The molecule has 0 bridgehead atoms. The number of fused-ring (bicyclic) bond motifs is 6. The second kappa shape index (κ2) is 14.1. The molecule has 0 saturated carbocycles. The normalized spacial score (nSPS) is 14.1. The van der Waals surface area contributed by atoms with Gasteiger partial charge in [0.1, 0.15) is 0 Å². The van der Waals surface area contributed by atoms with Crippen molar-refractivity contribution in [3.8, 4) is 11.1 Å². The largest absolute Gasteiger partial charge is 0.310 e. The van der Waals surface area contributed by atoms with Gasteiger partial charge >= 0.3 is 0 Å². The van der Waals surface area contributed by atoms with Crippen LogP contribution < -0.4 is 25.6 Å². The topological polar surface area (TPSA) is 3.24 Å². The first-order chi connectivity index (χ1) is 28.8. The molecule has 0 saturated heterocycles. The van der Waals surface area contributed by atoms with Gasteiger partial charge in [0.05, 0.1) is 5.41 Å². The van der Waals surface area contributed by atoms with Gasteiger partial charge in [-0.1, -0.05) is 206 Å². The van der Waals surface area contributed by atoms with Crippen LogP contribution in [-0.4, -0.2) is 8.07 Å². The van der Waals surface area contributed by atoms with Crippen LogP contribution in [-0.2, 0) is 5.41 Å². The van der Waals surface area contributed by atoms with Crippen molar-refractivity contribution in [2.45, 2.75) is 15.2 Å². The van der Waals surface area contributed by atoms with Crippen LogP contribution >= 0.6 is 11.8 Å². The molecular weight excluding hydrogens is 735 g/mol. The van der Waals surface area contributed by atoms with Gasteiger partial charge in [0.2, 0.25) is 0 Å². The number of nitrogens with zero attached hydrogens (tertiary/aromatic N) is 1. The molecule has 0 unspecified atom stereocenters. The molecule has 0 atom stereocenters. The summed E-state index contributed by atoms with van der Waals surface area (Å²) in [7, 11) is -2.79. The molecule has 274 valence electrons. The van der Waals surface area contributed by atoms with E-state index in [9.17, 15) is 0 Å². The van der Waals surface area contributed by atoms with E-state index in [1.165, 1.54) is 63.9 Å². The maximum atomic E-state index is 2.52. The average molecular weight is 774 g/mol. The van der Waals surface area contributed by atoms with Gasteiger partial charge in [0.25, 0.3) is 0 Å². The van der Waals surface area contributed by atoms with Crippen molar-refractivity contribution in [3.05, 3.63) is 259 Å². The molecule has 0 fully saturated rings. The highest BCUT2D eigenvalue weighted by Crippen LogP contribution is 2.60. The summed E-state index contributed by atoms with van der Waals surface area (Å²) in [4.78, 5) is 5.12. The predicted molar refractivity (Wildman–Crippen MR) is 246 cm³/mol. The van der Waals surface area contributed by atoms with Crippen LogP contribution in [0.1, 0.15) is 22.3 Å². The van der Waals surface area contributed by atoms with E-state index in [0.29, 0.717) is 0 Å². The van der Waals surface area contributed by atoms with Gasteiger partial charge in [-0.25, -0.2) is 0 Å². The zero-order valence-electron chi connectivity index (χ0n) is 31.9. The van der Waals surface area contributed by atoms with Crippen molar-refractivity contribution < 1.29 is 0 Å². The number of benzene rings is 9. The molecule has 0 aromatic heterocycles. The molecule has 0 N–H and O–H groups in total. The fraction of sp³-hybridized carbons (Fsp3) is 0.0182. The maximum Gasteiger partial charge on any atom is 0.181 e. The molecule has 0 spiro atoms. The molecule has 3 heteroatoms. The average Bonchev–Trinajstić information content (AvgIpc) is 3.61. The Kier molecular flexibility index (Phi) is 8.39. The van der Waals surface area contributed by atoms with E-state index in [1.54, 1.807) is 0 Å². The molecule has 9 aromatic carbocycles. The van der Waals surface area contributed by atoms with E-state index in [2.05, 4.69) is 241 Å². The molecule has 0 radical (unpaired) electrons. The van der Waals surface area contributed by atoms with Crippen molar-refractivity contribution in [1.29, 1.82) is 0 Å². The molecule has 1 heterocycles. The number of anilines is 3. The number of rotatable bonds is 7. The second-order valence-corrected chi connectivity index (χ2v) is 19.9. The van der Waals surface area contributed by atoms with Crippen LogP contribution in [0.4, 0.5) is 17.1 Å². The molecule has 2 aliphatic rings. The van der Waals surface area contributed by atoms with E-state index in [1.807, 2.05) is 11.8 Å². The van der Waals surface area contributed by atoms with Crippen LogP contribution in [0.5, 0.6) is 0 Å². The molecule has 58 heavy (non-hydrogen) atoms. The fourth-order valence-electron chi connectivity index (χ4n) is 9.96. The number of hydrogen-bond donors (Lipinski definition) is 0. The molecule has 1 nitrogen and oxygen atoms in total. The Hall–Kier alpha value is -6.65. The number of hydrogen-bond acceptors (Lipinski definition) is 2. The summed E-state index contributed by atoms with van der Waals surface area (Å²) in [5.74, 6) is 0. The van der Waals surface area contributed by atoms with E-state index in [0.717, 1.165) is 17.1 Å². The quantitative estimate of drug-likeness (QED) is 0.148. The minimum Gasteiger partial charge on any atom is -0.310 e. The summed E-state index contributed by atoms with van der Waals surface area (Å²) in [6.07, 6.45) is 0. The van der Waals surface area contributed by atoms with Crippen molar-refractivity contribution in [2.24, 2.45) is 0 Å². The third-order valence-electron chi connectivity index (χ3n) is 12.3. The zero-order valence-corrected chi connectivity index (χ0v) is 33.7. The fourth-order valence-corrected chi connectivity index (χ4v) is 17.1. The lowest BCUT2D eigenvalue weighted by atomic mass is 9.67. The first kappa shape index (κ1) is 34.6. The van der Waals surface area contributed by atoms with Crippen molar-refractivity contribution in [1.82, 2.24) is 0 Å². The molecule has 9 aromatic rings. The Bertz CT molecular complexity index is 2780. The van der Waals surface area contributed by atoms with Crippen LogP contribution in [0.25, 0.3) is 11.1 Å². The zero-order chi connectivity index (χ0) is 38.5. The summed E-state index contributed by atoms with van der Waals surface area (Å²) < 4.78 is 0. The summed E-state index contributed by atoms with van der Waals surface area (Å²) in [6, 6.07) is 88.2. The standard InChI is InChI=1S/C55H39NSSi/c1-7-21-40(22-8-1)55(41-23-9-2-10-24-41)48-37-38-52-54(57-50-33-19-20-34-51(50)58(52,45-29-15-5-16-30-45)46-31-17-6-18-32-46)53(48)47-36-35-44(39-49(47)55)56(42-25-11-3-12-26-42)43-27-13-4-14-28-43/h1-39H. The summed E-state index contributed by atoms with van der Waals surface area (Å²) in [6.45, 7) is 0. The molecule has 11 rings (SSSR count). The predicted octanol–water partition coefficient (Wildman–Crippen LogP) is 11.4. The Balaban J connectivity index is 1.27. The second-order valence-electron chi connectivity index (χ2n) is 15.2. The Morgan fingerprint density at radius 2 is 0.862 bits per heavy atom. The lowest BCUT2D eigenvalue weighted by molar-refractivity contribution is 0.767. The first-order valence-electron chi connectivity index (χ1n) is 20.0. The van der Waals surface area contributed by atoms with Gasteiger partial charge in [0, 0.05) is 32.4 Å². The Morgan fingerprint density at radius 3 is 1.41 bits per heavy atom. The van der Waals surface area contributed by atoms with Gasteiger partial charge in [-0.2, -0.15) is 0 Å². The third-order valence-corrected chi connectivity index (χ3v) is 18.7. The summed E-state index contributed by atoms with van der Waals surface area (Å²) in [5.41, 5.74) is 10.6. The number of para-hydroxylation sites is 2. The highest BCUT2D eigenvalue weighted by Gasteiger charge is 2.52. The molecule has 1 aliphatic carbocycles. The summed E-state index contributed by atoms with van der Waals surface area (Å²) in [5, 5.41) is 5.72. The van der Waals surface area contributed by atoms with Crippen molar-refractivity contribution in [3.63, 3.8) is 0 Å². The minimum absolute atomic E-state index is 0.571. The first-order valence-corrected chi connectivity index (χ1v) is 22.8. The SMILES string of the molecule is c1ccc(N(c2ccccc2)c2ccc3c(c2)C(c2ccccc2)(c2ccccc2)c2ccc4c(c2-3)Sc2ccccc2[Si]4(c2ccccc2)c2ccccc2)cc1. The lowest BCUT2D eigenvalue weighted by Gasteiger charge is -2.41. The van der Waals surface area contributed by atoms with E-state index >= 15 is 0 Å². The van der Waals surface area contributed by atoms with E-state index in [4.69, 9.17) is 0 Å². The van der Waals surface area contributed by atoms with Crippen LogP contribution in [0, 0.1) is 0 Å². The van der Waals surface area contributed by atoms with Gasteiger partial charge in [-0.05, 0) is 91.0 Å². The van der Waals surface area contributed by atoms with Gasteiger partial charge in [-0.15, -0.1) is 0 Å². The lowest BCUT2D eigenvalue weighted by Crippen LogP contribution is -2.76. The van der Waals surface area contributed by atoms with Crippen LogP contribution in [0.2, 0.25) is 0 Å². The highest BCUT2D eigenvalue weighted by molar-refractivity contribution is 8.00. The summed E-state index contributed by atoms with van der Waals surface area (Å²) >= 11 is 1.96. The Morgan fingerprint density at radius 1 is 0.379 bits per heavy atom. The van der Waals surface area contributed by atoms with Gasteiger partial charge in [0.15, 0.2) is 8.07 Å². The maximum absolute atomic E-state index is 2.79. The van der Waals surface area contributed by atoms with Crippen LogP contribution in [0.3, 0.4) is 0 Å². The smallest absolute Gasteiger partial charge is 0.181 e.